The van der Waals surface area contributed by atoms with Crippen LogP contribution in [0.1, 0.15) is 28.8 Å². The first-order valence-corrected chi connectivity index (χ1v) is 12.3. The van der Waals surface area contributed by atoms with E-state index in [0.717, 1.165) is 38.1 Å². The number of nitrogens with two attached hydrogens (primary N) is 1. The fourth-order valence-electron chi connectivity index (χ4n) is 4.36. The van der Waals surface area contributed by atoms with Crippen molar-refractivity contribution in [1.29, 1.82) is 0 Å². The van der Waals surface area contributed by atoms with Gasteiger partial charge in [-0.2, -0.15) is 13.2 Å². The molecule has 2 aromatic rings. The third kappa shape index (κ3) is 4.97. The molecule has 0 spiro atoms. The van der Waals surface area contributed by atoms with Gasteiger partial charge in [0, 0.05) is 45.0 Å². The molecule has 0 radical (unpaired) electrons. The van der Waals surface area contributed by atoms with Gasteiger partial charge in [-0.1, -0.05) is 0 Å². The second-order valence-corrected chi connectivity index (χ2v) is 9.92. The molecule has 2 fully saturated rings. The van der Waals surface area contributed by atoms with Crippen molar-refractivity contribution in [2.75, 3.05) is 49.1 Å². The van der Waals surface area contributed by atoms with E-state index in [-0.39, 0.29) is 48.2 Å². The monoisotopic (exact) mass is 500 g/mol. The van der Waals surface area contributed by atoms with Crippen molar-refractivity contribution >= 4 is 27.3 Å². The second kappa shape index (κ2) is 9.06. The number of benzene rings is 2. The molecule has 1 amide bonds. The molecule has 2 heterocycles. The summed E-state index contributed by atoms with van der Waals surface area (Å²) in [7, 11) is -4.01. The predicted octanol–water partition coefficient (Wildman–Crippen LogP) is 3.05. The summed E-state index contributed by atoms with van der Waals surface area (Å²) in [5.74, 6) is -1.35. The van der Waals surface area contributed by atoms with Gasteiger partial charge in [-0.05, 0) is 49.2 Å². The van der Waals surface area contributed by atoms with E-state index >= 15 is 0 Å². The molecule has 2 saturated heterocycles. The van der Waals surface area contributed by atoms with E-state index in [9.17, 15) is 30.8 Å². The summed E-state index contributed by atoms with van der Waals surface area (Å²) in [6, 6.07) is 6.64. The van der Waals surface area contributed by atoms with Gasteiger partial charge in [0.2, 0.25) is 10.0 Å². The largest absolute Gasteiger partial charge is 0.416 e. The van der Waals surface area contributed by atoms with E-state index in [1.807, 2.05) is 4.90 Å². The van der Waals surface area contributed by atoms with Crippen LogP contribution < -0.4 is 14.9 Å². The van der Waals surface area contributed by atoms with Gasteiger partial charge in [0.25, 0.3) is 5.91 Å². The number of rotatable bonds is 4. The van der Waals surface area contributed by atoms with Gasteiger partial charge in [-0.15, -0.1) is 0 Å². The zero-order chi connectivity index (χ0) is 24.7. The highest BCUT2D eigenvalue weighted by molar-refractivity contribution is 7.89. The average molecular weight is 501 g/mol. The first kappa shape index (κ1) is 24.3. The Labute approximate surface area is 194 Å². The number of halogens is 4. The summed E-state index contributed by atoms with van der Waals surface area (Å²) >= 11 is 0. The molecule has 7 nitrogen and oxygen atoms in total. The van der Waals surface area contributed by atoms with Crippen molar-refractivity contribution in [2.24, 2.45) is 5.14 Å². The lowest BCUT2D eigenvalue weighted by Gasteiger charge is -2.37. The number of carbonyl (C=O) groups is 1. The smallest absolute Gasteiger partial charge is 0.371 e. The Morgan fingerprint density at radius 2 is 1.44 bits per heavy atom. The van der Waals surface area contributed by atoms with Crippen LogP contribution in [0.3, 0.4) is 0 Å². The van der Waals surface area contributed by atoms with Crippen molar-refractivity contribution < 1.29 is 30.8 Å². The quantitative estimate of drug-likeness (QED) is 0.653. The van der Waals surface area contributed by atoms with Gasteiger partial charge in [-0.3, -0.25) is 4.79 Å². The SMILES string of the molecule is NS(=O)(=O)c1ccc(N2CCCC2)c(C(=O)N2CCN(c3ccc(C(F)(F)F)cc3F)CC2)c1. The van der Waals surface area contributed by atoms with Crippen molar-refractivity contribution in [1.82, 2.24) is 4.90 Å². The standard InChI is InChI=1S/C22H24F4N4O3S/c23-18-13-15(22(24,25)26)3-5-20(18)29-9-11-30(12-10-29)21(31)17-14-16(34(27,32)33)4-6-19(17)28-7-1-2-8-28/h3-6,13-14H,1-2,7-12H2,(H2,27,32,33). The van der Waals surface area contributed by atoms with Crippen LogP contribution in [0.2, 0.25) is 0 Å². The summed E-state index contributed by atoms with van der Waals surface area (Å²) in [4.78, 5) is 18.3. The fourth-order valence-corrected chi connectivity index (χ4v) is 4.90. The van der Waals surface area contributed by atoms with Gasteiger partial charge < -0.3 is 14.7 Å². The number of amides is 1. The first-order valence-electron chi connectivity index (χ1n) is 10.8. The molecule has 2 aliphatic heterocycles. The molecule has 0 atom stereocenters. The third-order valence-electron chi connectivity index (χ3n) is 6.16. The van der Waals surface area contributed by atoms with Gasteiger partial charge in [0.15, 0.2) is 0 Å². The Kier molecular flexibility index (Phi) is 6.47. The molecule has 0 aromatic heterocycles. The van der Waals surface area contributed by atoms with Gasteiger partial charge >= 0.3 is 6.18 Å². The summed E-state index contributed by atoms with van der Waals surface area (Å²) in [5, 5.41) is 5.26. The van der Waals surface area contributed by atoms with Crippen molar-refractivity contribution in [3.8, 4) is 0 Å². The number of sulfonamides is 1. The maximum Gasteiger partial charge on any atom is 0.416 e. The van der Waals surface area contributed by atoms with Crippen LogP contribution >= 0.6 is 0 Å². The third-order valence-corrected chi connectivity index (χ3v) is 7.07. The lowest BCUT2D eigenvalue weighted by molar-refractivity contribution is -0.137. The lowest BCUT2D eigenvalue weighted by Crippen LogP contribution is -2.49. The van der Waals surface area contributed by atoms with Crippen LogP contribution in [0.5, 0.6) is 0 Å². The molecule has 0 unspecified atom stereocenters. The minimum Gasteiger partial charge on any atom is -0.371 e. The zero-order valence-electron chi connectivity index (χ0n) is 18.2. The molecule has 184 valence electrons. The number of piperazine rings is 1. The molecule has 34 heavy (non-hydrogen) atoms. The average Bonchev–Trinajstić information content (AvgIpc) is 3.32. The Bertz CT molecular complexity index is 1190. The van der Waals surface area contributed by atoms with Crippen LogP contribution in [0.25, 0.3) is 0 Å². The molecule has 2 aliphatic rings. The number of primary sulfonamides is 1. The Balaban J connectivity index is 1.53. The lowest BCUT2D eigenvalue weighted by atomic mass is 10.1. The number of alkyl halides is 3. The van der Waals surface area contributed by atoms with E-state index in [4.69, 9.17) is 5.14 Å². The molecule has 2 aromatic carbocycles. The summed E-state index contributed by atoms with van der Waals surface area (Å²) in [6.07, 6.45) is -2.72. The molecule has 12 heteroatoms. The van der Waals surface area contributed by atoms with E-state index in [2.05, 4.69) is 0 Å². The first-order chi connectivity index (χ1) is 15.9. The van der Waals surface area contributed by atoms with Crippen molar-refractivity contribution in [2.45, 2.75) is 23.9 Å². The maximum absolute atomic E-state index is 14.4. The van der Waals surface area contributed by atoms with Crippen LogP contribution in [0.4, 0.5) is 28.9 Å². The van der Waals surface area contributed by atoms with Crippen LogP contribution in [-0.4, -0.2) is 58.5 Å². The second-order valence-electron chi connectivity index (χ2n) is 8.36. The highest BCUT2D eigenvalue weighted by Crippen LogP contribution is 2.33. The molecular weight excluding hydrogens is 476 g/mol. The Morgan fingerprint density at radius 3 is 2.00 bits per heavy atom. The van der Waals surface area contributed by atoms with E-state index in [1.165, 1.54) is 17.0 Å². The highest BCUT2D eigenvalue weighted by atomic mass is 32.2. The minimum atomic E-state index is -4.64. The van der Waals surface area contributed by atoms with Gasteiger partial charge in [0.1, 0.15) is 5.82 Å². The predicted molar refractivity (Wildman–Crippen MR) is 119 cm³/mol. The summed E-state index contributed by atoms with van der Waals surface area (Å²) in [6.45, 7) is 2.30. The summed E-state index contributed by atoms with van der Waals surface area (Å²) in [5.41, 5.74) is -0.172. The van der Waals surface area contributed by atoms with Crippen LogP contribution in [-0.2, 0) is 16.2 Å². The number of nitrogens with zero attached hydrogens (tertiary/aromatic N) is 3. The van der Waals surface area contributed by atoms with Crippen molar-refractivity contribution in [3.05, 3.63) is 53.3 Å². The number of anilines is 2. The molecule has 0 bridgehead atoms. The maximum atomic E-state index is 14.4. The van der Waals surface area contributed by atoms with Crippen LogP contribution in [0.15, 0.2) is 41.3 Å². The zero-order valence-corrected chi connectivity index (χ0v) is 19.0. The molecular formula is C22H24F4N4O3S. The minimum absolute atomic E-state index is 0.0362. The van der Waals surface area contributed by atoms with E-state index < -0.39 is 27.6 Å². The number of carbonyl (C=O) groups excluding carboxylic acids is 1. The Hall–Kier alpha value is -2.86. The molecule has 2 N–H and O–H groups in total. The summed E-state index contributed by atoms with van der Waals surface area (Å²) < 4.78 is 76.5. The highest BCUT2D eigenvalue weighted by Gasteiger charge is 2.32. The number of hydrogen-bond donors (Lipinski definition) is 1. The normalized spacial score (nSPS) is 17.4. The fraction of sp³-hybridized carbons (Fsp3) is 0.409. The molecule has 0 saturated carbocycles. The Morgan fingerprint density at radius 1 is 0.853 bits per heavy atom. The van der Waals surface area contributed by atoms with Crippen molar-refractivity contribution in [3.63, 3.8) is 0 Å². The van der Waals surface area contributed by atoms with Crippen LogP contribution in [0, 0.1) is 5.82 Å². The molecule has 4 rings (SSSR count). The number of hydrogen-bond acceptors (Lipinski definition) is 5. The van der Waals surface area contributed by atoms with Gasteiger partial charge in [-0.25, -0.2) is 17.9 Å². The topological polar surface area (TPSA) is 86.9 Å². The molecule has 0 aliphatic carbocycles. The van der Waals surface area contributed by atoms with Gasteiger partial charge in [0.05, 0.1) is 21.7 Å². The van der Waals surface area contributed by atoms with E-state index in [1.54, 1.807) is 11.0 Å². The van der Waals surface area contributed by atoms with E-state index in [0.29, 0.717) is 11.8 Å².